The van der Waals surface area contributed by atoms with Crippen LogP contribution in [0.25, 0.3) is 0 Å². The van der Waals surface area contributed by atoms with Crippen LogP contribution in [0.2, 0.25) is 0 Å². The van der Waals surface area contributed by atoms with Crippen molar-refractivity contribution in [2.75, 3.05) is 5.32 Å². The first-order chi connectivity index (χ1) is 12.6. The Labute approximate surface area is 151 Å². The monoisotopic (exact) mass is 348 g/mol. The Bertz CT molecular complexity index is 883. The molecule has 1 heterocycles. The smallest absolute Gasteiger partial charge is 0.303 e. The number of carboxylic acids is 1. The summed E-state index contributed by atoms with van der Waals surface area (Å²) >= 11 is 0. The Morgan fingerprint density at radius 1 is 0.885 bits per heavy atom. The molecule has 0 saturated heterocycles. The number of hydrogen-bond acceptors (Lipinski definition) is 2. The SMILES string of the molecule is O=C(O)CCc1ccc(NC(=O)c2cccn2Cc2ccccc2)cc1. The van der Waals surface area contributed by atoms with Gasteiger partial charge in [-0.15, -0.1) is 0 Å². The number of anilines is 1. The fourth-order valence-corrected chi connectivity index (χ4v) is 2.74. The number of carbonyl (C=O) groups excluding carboxylic acids is 1. The van der Waals surface area contributed by atoms with Crippen molar-refractivity contribution in [3.8, 4) is 0 Å². The summed E-state index contributed by atoms with van der Waals surface area (Å²) in [7, 11) is 0. The van der Waals surface area contributed by atoms with Gasteiger partial charge in [0.1, 0.15) is 5.69 Å². The molecule has 132 valence electrons. The maximum atomic E-state index is 12.6. The van der Waals surface area contributed by atoms with Crippen LogP contribution in [0.4, 0.5) is 5.69 Å². The molecule has 2 aromatic carbocycles. The molecule has 0 aliphatic heterocycles. The summed E-state index contributed by atoms with van der Waals surface area (Å²) in [6.45, 7) is 0.630. The molecule has 1 aromatic heterocycles. The molecule has 0 aliphatic rings. The van der Waals surface area contributed by atoms with Crippen molar-refractivity contribution in [2.24, 2.45) is 0 Å². The van der Waals surface area contributed by atoms with Gasteiger partial charge in [-0.2, -0.15) is 0 Å². The highest BCUT2D eigenvalue weighted by Gasteiger charge is 2.11. The number of hydrogen-bond donors (Lipinski definition) is 2. The lowest BCUT2D eigenvalue weighted by Crippen LogP contribution is -2.17. The van der Waals surface area contributed by atoms with Crippen molar-refractivity contribution in [3.63, 3.8) is 0 Å². The molecule has 3 aromatic rings. The minimum absolute atomic E-state index is 0.0959. The molecule has 0 fully saturated rings. The molecule has 5 heteroatoms. The fourth-order valence-electron chi connectivity index (χ4n) is 2.74. The van der Waals surface area contributed by atoms with Gasteiger partial charge in [-0.3, -0.25) is 9.59 Å². The Morgan fingerprint density at radius 2 is 1.62 bits per heavy atom. The third kappa shape index (κ3) is 4.60. The van der Waals surface area contributed by atoms with Gasteiger partial charge in [0, 0.05) is 24.8 Å². The molecule has 0 radical (unpaired) electrons. The first-order valence-electron chi connectivity index (χ1n) is 8.43. The summed E-state index contributed by atoms with van der Waals surface area (Å²) in [5, 5.41) is 11.6. The van der Waals surface area contributed by atoms with Crippen LogP contribution >= 0.6 is 0 Å². The molecule has 0 saturated carbocycles. The van der Waals surface area contributed by atoms with Crippen molar-refractivity contribution < 1.29 is 14.7 Å². The number of nitrogens with zero attached hydrogens (tertiary/aromatic N) is 1. The van der Waals surface area contributed by atoms with Gasteiger partial charge in [0.25, 0.3) is 5.91 Å². The van der Waals surface area contributed by atoms with E-state index in [1.54, 1.807) is 18.2 Å². The summed E-state index contributed by atoms with van der Waals surface area (Å²) in [4.78, 5) is 23.2. The highest BCUT2D eigenvalue weighted by molar-refractivity contribution is 6.03. The summed E-state index contributed by atoms with van der Waals surface area (Å²) in [5.41, 5.74) is 3.32. The van der Waals surface area contributed by atoms with Crippen molar-refractivity contribution in [1.29, 1.82) is 0 Å². The summed E-state index contributed by atoms with van der Waals surface area (Å²) < 4.78 is 1.91. The van der Waals surface area contributed by atoms with Gasteiger partial charge in [0.05, 0.1) is 0 Å². The lowest BCUT2D eigenvalue weighted by molar-refractivity contribution is -0.136. The van der Waals surface area contributed by atoms with Gasteiger partial charge in [-0.05, 0) is 41.8 Å². The van der Waals surface area contributed by atoms with E-state index in [1.165, 1.54) is 0 Å². The van der Waals surface area contributed by atoms with Gasteiger partial charge in [-0.25, -0.2) is 0 Å². The second-order valence-corrected chi connectivity index (χ2v) is 6.05. The predicted octanol–water partition coefficient (Wildman–Crippen LogP) is 3.81. The molecule has 0 spiro atoms. The lowest BCUT2D eigenvalue weighted by Gasteiger charge is -2.10. The van der Waals surface area contributed by atoms with Crippen molar-refractivity contribution in [3.05, 3.63) is 89.7 Å². The number of rotatable bonds is 7. The highest BCUT2D eigenvalue weighted by Crippen LogP contribution is 2.14. The molecule has 0 unspecified atom stereocenters. The van der Waals surface area contributed by atoms with Crippen LogP contribution in [-0.2, 0) is 17.8 Å². The third-order valence-electron chi connectivity index (χ3n) is 4.10. The average molecular weight is 348 g/mol. The zero-order chi connectivity index (χ0) is 18.4. The normalized spacial score (nSPS) is 10.5. The van der Waals surface area contributed by atoms with Gasteiger partial charge < -0.3 is 15.0 Å². The molecule has 3 rings (SSSR count). The number of aliphatic carboxylic acids is 1. The molecule has 26 heavy (non-hydrogen) atoms. The first kappa shape index (κ1) is 17.5. The Kier molecular flexibility index (Phi) is 5.49. The van der Waals surface area contributed by atoms with E-state index in [9.17, 15) is 9.59 Å². The van der Waals surface area contributed by atoms with Crippen LogP contribution in [0.3, 0.4) is 0 Å². The maximum absolute atomic E-state index is 12.6. The Morgan fingerprint density at radius 3 is 2.31 bits per heavy atom. The van der Waals surface area contributed by atoms with Gasteiger partial charge >= 0.3 is 5.97 Å². The molecule has 2 N–H and O–H groups in total. The highest BCUT2D eigenvalue weighted by atomic mass is 16.4. The first-order valence-corrected chi connectivity index (χ1v) is 8.43. The van der Waals surface area contributed by atoms with E-state index in [4.69, 9.17) is 5.11 Å². The molecular formula is C21H20N2O3. The van der Waals surface area contributed by atoms with E-state index >= 15 is 0 Å². The van der Waals surface area contributed by atoms with Crippen molar-refractivity contribution >= 4 is 17.6 Å². The van der Waals surface area contributed by atoms with Crippen molar-refractivity contribution in [2.45, 2.75) is 19.4 Å². The van der Waals surface area contributed by atoms with Crippen LogP contribution in [-0.4, -0.2) is 21.6 Å². The summed E-state index contributed by atoms with van der Waals surface area (Å²) in [5.74, 6) is -0.995. The molecule has 5 nitrogen and oxygen atoms in total. The van der Waals surface area contributed by atoms with Gasteiger partial charge in [-0.1, -0.05) is 42.5 Å². The number of benzene rings is 2. The van der Waals surface area contributed by atoms with Crippen LogP contribution in [0.1, 0.15) is 28.0 Å². The van der Waals surface area contributed by atoms with E-state index in [2.05, 4.69) is 5.32 Å². The number of aromatic nitrogens is 1. The van der Waals surface area contributed by atoms with Crippen LogP contribution in [0, 0.1) is 0 Å². The number of aryl methyl sites for hydroxylation is 1. The van der Waals surface area contributed by atoms with E-state index in [0.717, 1.165) is 11.1 Å². The number of nitrogens with one attached hydrogen (secondary N) is 1. The zero-order valence-electron chi connectivity index (χ0n) is 14.3. The van der Waals surface area contributed by atoms with Crippen LogP contribution < -0.4 is 5.32 Å². The van der Waals surface area contributed by atoms with E-state index in [0.29, 0.717) is 24.3 Å². The van der Waals surface area contributed by atoms with Crippen molar-refractivity contribution in [1.82, 2.24) is 4.57 Å². The Hall–Kier alpha value is -3.34. The quantitative estimate of drug-likeness (QED) is 0.682. The van der Waals surface area contributed by atoms with E-state index in [-0.39, 0.29) is 12.3 Å². The zero-order valence-corrected chi connectivity index (χ0v) is 14.3. The molecule has 0 aliphatic carbocycles. The van der Waals surface area contributed by atoms with E-state index in [1.807, 2.05) is 59.3 Å². The van der Waals surface area contributed by atoms with Crippen LogP contribution in [0.15, 0.2) is 72.9 Å². The topological polar surface area (TPSA) is 71.3 Å². The predicted molar refractivity (Wildman–Crippen MR) is 100 cm³/mol. The van der Waals surface area contributed by atoms with Crippen LogP contribution in [0.5, 0.6) is 0 Å². The maximum Gasteiger partial charge on any atom is 0.303 e. The molecule has 1 amide bonds. The largest absolute Gasteiger partial charge is 0.481 e. The molecular weight excluding hydrogens is 328 g/mol. The Balaban J connectivity index is 1.65. The number of carbonyl (C=O) groups is 2. The lowest BCUT2D eigenvalue weighted by atomic mass is 10.1. The van der Waals surface area contributed by atoms with Gasteiger partial charge in [0.2, 0.25) is 0 Å². The molecule has 0 bridgehead atoms. The second-order valence-electron chi connectivity index (χ2n) is 6.05. The average Bonchev–Trinajstić information content (AvgIpc) is 3.10. The number of amides is 1. The minimum atomic E-state index is -0.818. The minimum Gasteiger partial charge on any atom is -0.481 e. The summed E-state index contributed by atoms with van der Waals surface area (Å²) in [6, 6.07) is 20.9. The standard InChI is InChI=1S/C21H20N2O3/c24-20(25)13-10-16-8-11-18(12-9-16)22-21(26)19-7-4-14-23(19)15-17-5-2-1-3-6-17/h1-9,11-12,14H,10,13,15H2,(H,22,26)(H,24,25). The van der Waals surface area contributed by atoms with Gasteiger partial charge in [0.15, 0.2) is 0 Å². The number of carboxylic acid groups (broad SMARTS) is 1. The third-order valence-corrected chi connectivity index (χ3v) is 4.10. The summed E-state index contributed by atoms with van der Waals surface area (Å²) in [6.07, 6.45) is 2.46. The van der Waals surface area contributed by atoms with E-state index < -0.39 is 5.97 Å². The fraction of sp³-hybridized carbons (Fsp3) is 0.143. The second kappa shape index (κ2) is 8.16. The molecule has 0 atom stereocenters.